The molecular weight excluding hydrogens is 360 g/mol. The summed E-state index contributed by atoms with van der Waals surface area (Å²) in [4.78, 5) is 2.27. The van der Waals surface area contributed by atoms with Gasteiger partial charge in [-0.15, -0.1) is 0 Å². The van der Waals surface area contributed by atoms with Gasteiger partial charge in [0.05, 0.1) is 16.8 Å². The molecule has 2 atom stereocenters. The number of fused-ring (bicyclic) bond motifs is 1. The maximum atomic E-state index is 13.0. The van der Waals surface area contributed by atoms with E-state index < -0.39 is 21.4 Å². The normalized spacial score (nSPS) is 22.6. The van der Waals surface area contributed by atoms with Crippen molar-refractivity contribution >= 4 is 15.5 Å². The summed E-state index contributed by atoms with van der Waals surface area (Å²) in [6.45, 7) is 3.65. The third kappa shape index (κ3) is 4.18. The molecule has 3 rings (SSSR count). The van der Waals surface area contributed by atoms with Crippen LogP contribution in [0.25, 0.3) is 0 Å². The Bertz CT molecular complexity index is 878. The van der Waals surface area contributed by atoms with Gasteiger partial charge < -0.3 is 15.7 Å². The van der Waals surface area contributed by atoms with Gasteiger partial charge in [-0.3, -0.25) is 0 Å². The second-order valence-electron chi connectivity index (χ2n) is 7.70. The third-order valence-electron chi connectivity index (χ3n) is 5.02. The average molecular weight is 391 g/mol. The molecule has 5 nitrogen and oxygen atoms in total. The Labute approximate surface area is 162 Å². The number of rotatable bonds is 2. The summed E-state index contributed by atoms with van der Waals surface area (Å²) in [5.41, 5.74) is 6.27. The van der Waals surface area contributed by atoms with Crippen molar-refractivity contribution in [3.05, 3.63) is 59.7 Å². The standard InChI is InChI=1S/C20H25NO3S.CH5N/c1-20(2)13-25(23,24)17-11-10-15(21(3)4)12-16(17)18(19(20)22)14-8-6-5-7-9-14;1-2/h5-12,18-19,22H,13H2,1-4H3;2H2,1H3. The van der Waals surface area contributed by atoms with Gasteiger partial charge in [0.1, 0.15) is 0 Å². The van der Waals surface area contributed by atoms with E-state index in [1.807, 2.05) is 75.3 Å². The quantitative estimate of drug-likeness (QED) is 0.824. The maximum Gasteiger partial charge on any atom is 0.179 e. The molecule has 0 radical (unpaired) electrons. The fraction of sp³-hybridized carbons (Fsp3) is 0.429. The predicted molar refractivity (Wildman–Crippen MR) is 111 cm³/mol. The zero-order chi connectivity index (χ0) is 20.4. The molecule has 0 saturated heterocycles. The molecule has 2 unspecified atom stereocenters. The monoisotopic (exact) mass is 390 g/mol. The molecule has 6 heteroatoms. The highest BCUT2D eigenvalue weighted by Gasteiger charge is 2.44. The highest BCUT2D eigenvalue weighted by Crippen LogP contribution is 2.45. The number of hydrogen-bond acceptors (Lipinski definition) is 5. The van der Waals surface area contributed by atoms with Crippen molar-refractivity contribution in [2.75, 3.05) is 31.8 Å². The number of aliphatic hydroxyl groups is 1. The van der Waals surface area contributed by atoms with Crippen LogP contribution in [0.1, 0.15) is 30.9 Å². The van der Waals surface area contributed by atoms with Crippen LogP contribution in [0, 0.1) is 5.41 Å². The van der Waals surface area contributed by atoms with E-state index in [1.54, 1.807) is 6.07 Å². The first-order valence-corrected chi connectivity index (χ1v) is 10.6. The molecular formula is C21H30N2O3S. The summed E-state index contributed by atoms with van der Waals surface area (Å²) >= 11 is 0. The second-order valence-corrected chi connectivity index (χ2v) is 9.66. The lowest BCUT2D eigenvalue weighted by Gasteiger charge is -2.33. The summed E-state index contributed by atoms with van der Waals surface area (Å²) in [7, 11) is 1.86. The molecule has 0 bridgehead atoms. The van der Waals surface area contributed by atoms with Gasteiger partial charge in [0.25, 0.3) is 0 Å². The lowest BCUT2D eigenvalue weighted by Crippen LogP contribution is -2.38. The fourth-order valence-corrected chi connectivity index (χ4v) is 5.76. The van der Waals surface area contributed by atoms with Gasteiger partial charge in [0.15, 0.2) is 9.84 Å². The molecule has 2 aromatic carbocycles. The number of hydrogen-bond donors (Lipinski definition) is 2. The first kappa shape index (κ1) is 21.4. The molecule has 0 fully saturated rings. The van der Waals surface area contributed by atoms with Crippen molar-refractivity contribution in [1.29, 1.82) is 0 Å². The molecule has 1 aliphatic rings. The van der Waals surface area contributed by atoms with Crippen LogP contribution >= 0.6 is 0 Å². The van der Waals surface area contributed by atoms with Gasteiger partial charge in [-0.05, 0) is 36.4 Å². The molecule has 2 aromatic rings. The smallest absolute Gasteiger partial charge is 0.179 e. The SMILES string of the molecule is CN.CN(C)c1ccc2c(c1)C(c1ccccc1)C(O)C(C)(C)CS2(=O)=O. The van der Waals surface area contributed by atoms with Gasteiger partial charge >= 0.3 is 0 Å². The van der Waals surface area contributed by atoms with E-state index in [0.717, 1.165) is 11.3 Å². The van der Waals surface area contributed by atoms with E-state index in [1.165, 1.54) is 7.05 Å². The summed E-state index contributed by atoms with van der Waals surface area (Å²) < 4.78 is 26.0. The van der Waals surface area contributed by atoms with E-state index in [4.69, 9.17) is 0 Å². The minimum Gasteiger partial charge on any atom is -0.392 e. The van der Waals surface area contributed by atoms with Crippen LogP contribution in [-0.2, 0) is 9.84 Å². The van der Waals surface area contributed by atoms with E-state index in [2.05, 4.69) is 5.73 Å². The molecule has 0 aliphatic carbocycles. The Morgan fingerprint density at radius 2 is 1.67 bits per heavy atom. The van der Waals surface area contributed by atoms with Gasteiger partial charge in [-0.2, -0.15) is 0 Å². The van der Waals surface area contributed by atoms with Gasteiger partial charge in [0, 0.05) is 31.1 Å². The Hall–Kier alpha value is -1.89. The van der Waals surface area contributed by atoms with Crippen molar-refractivity contribution < 1.29 is 13.5 Å². The molecule has 27 heavy (non-hydrogen) atoms. The molecule has 148 valence electrons. The molecule has 3 N–H and O–H groups in total. The van der Waals surface area contributed by atoms with Crippen LogP contribution in [0.3, 0.4) is 0 Å². The molecule has 0 saturated carbocycles. The van der Waals surface area contributed by atoms with Crippen LogP contribution in [0.2, 0.25) is 0 Å². The van der Waals surface area contributed by atoms with Crippen LogP contribution in [0.15, 0.2) is 53.4 Å². The highest BCUT2D eigenvalue weighted by molar-refractivity contribution is 7.91. The first-order chi connectivity index (χ1) is 12.6. The average Bonchev–Trinajstić information content (AvgIpc) is 2.68. The zero-order valence-corrected chi connectivity index (χ0v) is 17.5. The number of nitrogens with two attached hydrogens (primary N) is 1. The number of anilines is 1. The van der Waals surface area contributed by atoms with Crippen molar-refractivity contribution in [2.24, 2.45) is 11.1 Å². The van der Waals surface area contributed by atoms with Gasteiger partial charge in [-0.1, -0.05) is 44.2 Å². The molecule has 0 amide bonds. The molecule has 0 spiro atoms. The van der Waals surface area contributed by atoms with E-state index in [9.17, 15) is 13.5 Å². The van der Waals surface area contributed by atoms with E-state index in [-0.39, 0.29) is 11.7 Å². The number of benzene rings is 2. The Morgan fingerprint density at radius 3 is 2.22 bits per heavy atom. The van der Waals surface area contributed by atoms with Gasteiger partial charge in [0.2, 0.25) is 0 Å². The number of aliphatic hydroxyl groups excluding tert-OH is 1. The molecule has 0 aromatic heterocycles. The van der Waals surface area contributed by atoms with Crippen molar-refractivity contribution in [1.82, 2.24) is 0 Å². The second kappa shape index (κ2) is 8.00. The number of nitrogens with zero attached hydrogens (tertiary/aromatic N) is 1. The number of sulfone groups is 1. The summed E-state index contributed by atoms with van der Waals surface area (Å²) in [5.74, 6) is -0.456. The minimum absolute atomic E-state index is 0.0706. The van der Waals surface area contributed by atoms with E-state index in [0.29, 0.717) is 10.5 Å². The maximum absolute atomic E-state index is 13.0. The van der Waals surface area contributed by atoms with Gasteiger partial charge in [-0.25, -0.2) is 8.42 Å². The van der Waals surface area contributed by atoms with Crippen LogP contribution in [0.4, 0.5) is 5.69 Å². The van der Waals surface area contributed by atoms with Crippen LogP contribution < -0.4 is 10.6 Å². The highest BCUT2D eigenvalue weighted by atomic mass is 32.2. The summed E-state index contributed by atoms with van der Waals surface area (Å²) in [6.07, 6.45) is -0.802. The Morgan fingerprint density at radius 1 is 1.07 bits per heavy atom. The van der Waals surface area contributed by atoms with Crippen LogP contribution in [-0.4, -0.2) is 46.5 Å². The lowest BCUT2D eigenvalue weighted by atomic mass is 9.75. The van der Waals surface area contributed by atoms with Crippen molar-refractivity contribution in [2.45, 2.75) is 30.8 Å². The Balaban J connectivity index is 0.00000126. The third-order valence-corrected chi connectivity index (χ3v) is 7.18. The lowest BCUT2D eigenvalue weighted by molar-refractivity contribution is 0.0521. The largest absolute Gasteiger partial charge is 0.392 e. The Kier molecular flexibility index (Phi) is 6.35. The van der Waals surface area contributed by atoms with Crippen molar-refractivity contribution in [3.8, 4) is 0 Å². The predicted octanol–water partition coefficient (Wildman–Crippen LogP) is 2.63. The molecule has 1 aliphatic heterocycles. The van der Waals surface area contributed by atoms with Crippen LogP contribution in [0.5, 0.6) is 0 Å². The fourth-order valence-electron chi connectivity index (χ4n) is 3.64. The topological polar surface area (TPSA) is 83.6 Å². The van der Waals surface area contributed by atoms with Crippen molar-refractivity contribution in [3.63, 3.8) is 0 Å². The summed E-state index contributed by atoms with van der Waals surface area (Å²) in [5, 5.41) is 11.2. The minimum atomic E-state index is -3.48. The summed E-state index contributed by atoms with van der Waals surface area (Å²) in [6, 6.07) is 15.1. The first-order valence-electron chi connectivity index (χ1n) is 8.98. The zero-order valence-electron chi connectivity index (χ0n) is 16.7. The van der Waals surface area contributed by atoms with E-state index >= 15 is 0 Å². The molecule has 1 heterocycles.